The number of hydrogen-bond donors (Lipinski definition) is 2. The number of aryl methyl sites for hydroxylation is 2. The Morgan fingerprint density at radius 3 is 2.21 bits per heavy atom. The highest BCUT2D eigenvalue weighted by Crippen LogP contribution is 2.33. The summed E-state index contributed by atoms with van der Waals surface area (Å²) in [5.41, 5.74) is 1.82. The molecule has 202 valence electrons. The van der Waals surface area contributed by atoms with Crippen molar-refractivity contribution < 1.29 is 31.3 Å². The fraction of sp³-hybridized carbons (Fsp3) is 0.208. The molecule has 3 rings (SSSR count). The second-order valence-electron chi connectivity index (χ2n) is 8.38. The molecule has 0 saturated carbocycles. The zero-order valence-electron chi connectivity index (χ0n) is 21.0. The standard InChI is InChI=1S/C24H26N4O8S2/c1-16-5-11-21(17(2)13-16)26-38(34,35)20-9-6-18(7-10-20)25-24(29)15-27(37(4,32)33)22-14-19(28(30)31)8-12-23(22)36-3/h5-14,26H,15H2,1-4H3,(H,25,29). The van der Waals surface area contributed by atoms with E-state index in [1.54, 1.807) is 19.1 Å². The van der Waals surface area contributed by atoms with Crippen LogP contribution in [0.25, 0.3) is 0 Å². The monoisotopic (exact) mass is 562 g/mol. The molecule has 0 aromatic heterocycles. The van der Waals surface area contributed by atoms with Crippen LogP contribution >= 0.6 is 0 Å². The lowest BCUT2D eigenvalue weighted by Gasteiger charge is -2.23. The number of sulfonamides is 2. The first-order chi connectivity index (χ1) is 17.7. The maximum atomic E-state index is 12.8. The zero-order chi connectivity index (χ0) is 28.3. The van der Waals surface area contributed by atoms with Gasteiger partial charge in [-0.2, -0.15) is 0 Å². The largest absolute Gasteiger partial charge is 0.495 e. The fourth-order valence-electron chi connectivity index (χ4n) is 3.55. The Labute approximate surface area is 220 Å². The van der Waals surface area contributed by atoms with Crippen molar-refractivity contribution in [2.24, 2.45) is 0 Å². The smallest absolute Gasteiger partial charge is 0.271 e. The van der Waals surface area contributed by atoms with E-state index in [-0.39, 0.29) is 27.7 Å². The van der Waals surface area contributed by atoms with Crippen LogP contribution in [-0.4, -0.2) is 47.6 Å². The van der Waals surface area contributed by atoms with Gasteiger partial charge in [-0.05, 0) is 55.8 Å². The van der Waals surface area contributed by atoms with Crippen LogP contribution in [0, 0.1) is 24.0 Å². The molecule has 0 fully saturated rings. The molecule has 0 unspecified atom stereocenters. The second kappa shape index (κ2) is 11.1. The first-order valence-electron chi connectivity index (χ1n) is 11.0. The Kier molecular flexibility index (Phi) is 8.27. The van der Waals surface area contributed by atoms with Gasteiger partial charge in [-0.3, -0.25) is 23.9 Å². The van der Waals surface area contributed by atoms with Crippen molar-refractivity contribution in [3.8, 4) is 5.75 Å². The highest BCUT2D eigenvalue weighted by atomic mass is 32.2. The first kappa shape index (κ1) is 28.4. The molecule has 1 amide bonds. The number of hydrogen-bond acceptors (Lipinski definition) is 8. The SMILES string of the molecule is COc1ccc([N+](=O)[O-])cc1N(CC(=O)Nc1ccc(S(=O)(=O)Nc2ccc(C)cc2C)cc1)S(C)(=O)=O. The average Bonchev–Trinajstić information content (AvgIpc) is 2.83. The molecule has 0 spiro atoms. The summed E-state index contributed by atoms with van der Waals surface area (Å²) in [5.74, 6) is -0.757. The molecule has 0 aliphatic heterocycles. The molecule has 0 aliphatic carbocycles. The van der Waals surface area contributed by atoms with Crippen LogP contribution in [0.5, 0.6) is 5.75 Å². The number of methoxy groups -OCH3 is 1. The van der Waals surface area contributed by atoms with Gasteiger partial charge in [0.2, 0.25) is 15.9 Å². The van der Waals surface area contributed by atoms with E-state index >= 15 is 0 Å². The Balaban J connectivity index is 1.79. The summed E-state index contributed by atoms with van der Waals surface area (Å²) < 4.78 is 58.8. The Morgan fingerprint density at radius 1 is 1.00 bits per heavy atom. The molecular formula is C24H26N4O8S2. The molecule has 0 atom stereocenters. The molecule has 12 nitrogen and oxygen atoms in total. The van der Waals surface area contributed by atoms with Gasteiger partial charge in [0, 0.05) is 17.8 Å². The van der Waals surface area contributed by atoms with Crippen LogP contribution in [0.15, 0.2) is 65.6 Å². The Morgan fingerprint density at radius 2 is 1.66 bits per heavy atom. The summed E-state index contributed by atoms with van der Waals surface area (Å²) in [6.07, 6.45) is 0.848. The van der Waals surface area contributed by atoms with E-state index in [4.69, 9.17) is 4.74 Å². The summed E-state index contributed by atoms with van der Waals surface area (Å²) in [4.78, 5) is 23.2. The summed E-state index contributed by atoms with van der Waals surface area (Å²) in [7, 11) is -6.71. The van der Waals surface area contributed by atoms with Crippen molar-refractivity contribution in [2.75, 3.05) is 34.3 Å². The number of nitro groups is 1. The van der Waals surface area contributed by atoms with E-state index < -0.39 is 37.4 Å². The Bertz CT molecular complexity index is 1590. The second-order valence-corrected chi connectivity index (χ2v) is 12.0. The van der Waals surface area contributed by atoms with Crippen LogP contribution in [0.2, 0.25) is 0 Å². The van der Waals surface area contributed by atoms with E-state index in [9.17, 15) is 31.7 Å². The summed E-state index contributed by atoms with van der Waals surface area (Å²) in [6.45, 7) is 2.96. The lowest BCUT2D eigenvalue weighted by Crippen LogP contribution is -2.37. The minimum absolute atomic E-state index is 0.0136. The van der Waals surface area contributed by atoms with Crippen LogP contribution in [-0.2, 0) is 24.8 Å². The molecule has 14 heteroatoms. The van der Waals surface area contributed by atoms with Crippen molar-refractivity contribution in [1.29, 1.82) is 0 Å². The van der Waals surface area contributed by atoms with Crippen molar-refractivity contribution in [1.82, 2.24) is 0 Å². The summed E-state index contributed by atoms with van der Waals surface area (Å²) >= 11 is 0. The lowest BCUT2D eigenvalue weighted by atomic mass is 10.1. The van der Waals surface area contributed by atoms with Gasteiger partial charge in [-0.1, -0.05) is 17.7 Å². The number of carbonyl (C=O) groups excluding carboxylic acids is 1. The van der Waals surface area contributed by atoms with Gasteiger partial charge >= 0.3 is 0 Å². The number of nitro benzene ring substituents is 1. The highest BCUT2D eigenvalue weighted by molar-refractivity contribution is 7.92. The number of ether oxygens (including phenoxy) is 1. The molecule has 3 aromatic carbocycles. The van der Waals surface area contributed by atoms with Gasteiger partial charge in [0.1, 0.15) is 18.0 Å². The first-order valence-corrected chi connectivity index (χ1v) is 14.3. The number of rotatable bonds is 10. The van der Waals surface area contributed by atoms with Crippen LogP contribution in [0.4, 0.5) is 22.7 Å². The third-order valence-corrected chi connectivity index (χ3v) is 7.91. The average molecular weight is 563 g/mol. The molecule has 2 N–H and O–H groups in total. The molecule has 0 saturated heterocycles. The molecule has 3 aromatic rings. The minimum atomic E-state index is -4.06. The molecule has 0 heterocycles. The minimum Gasteiger partial charge on any atom is -0.495 e. The summed E-state index contributed by atoms with van der Waals surface area (Å²) in [5, 5.41) is 13.7. The number of anilines is 3. The predicted octanol–water partition coefficient (Wildman–Crippen LogP) is 3.43. The zero-order valence-corrected chi connectivity index (χ0v) is 22.6. The van der Waals surface area contributed by atoms with Crippen molar-refractivity contribution in [3.63, 3.8) is 0 Å². The maximum Gasteiger partial charge on any atom is 0.271 e. The van der Waals surface area contributed by atoms with Crippen molar-refractivity contribution in [2.45, 2.75) is 18.7 Å². The topological polar surface area (TPSA) is 165 Å². The maximum absolute atomic E-state index is 12.8. The van der Waals surface area contributed by atoms with Gasteiger partial charge in [-0.25, -0.2) is 16.8 Å². The molecule has 0 radical (unpaired) electrons. The van der Waals surface area contributed by atoms with Gasteiger partial charge < -0.3 is 10.1 Å². The predicted molar refractivity (Wildman–Crippen MR) is 144 cm³/mol. The molecule has 38 heavy (non-hydrogen) atoms. The van der Waals surface area contributed by atoms with Crippen LogP contribution in [0.1, 0.15) is 11.1 Å². The number of non-ortho nitro benzene ring substituents is 1. The number of benzene rings is 3. The van der Waals surface area contributed by atoms with Gasteiger partial charge in [0.15, 0.2) is 0 Å². The van der Waals surface area contributed by atoms with E-state index in [0.29, 0.717) is 9.99 Å². The quantitative estimate of drug-likeness (QED) is 0.280. The van der Waals surface area contributed by atoms with Gasteiger partial charge in [0.05, 0.1) is 28.9 Å². The summed E-state index contributed by atoms with van der Waals surface area (Å²) in [6, 6.07) is 14.0. The van der Waals surface area contributed by atoms with E-state index in [1.165, 1.54) is 37.4 Å². The molecule has 0 aliphatic rings. The van der Waals surface area contributed by atoms with Crippen molar-refractivity contribution in [3.05, 3.63) is 81.9 Å². The van der Waals surface area contributed by atoms with E-state index in [1.807, 2.05) is 13.0 Å². The van der Waals surface area contributed by atoms with Crippen LogP contribution in [0.3, 0.4) is 0 Å². The van der Waals surface area contributed by atoms with E-state index in [0.717, 1.165) is 29.5 Å². The van der Waals surface area contributed by atoms with Crippen molar-refractivity contribution >= 4 is 48.7 Å². The van der Waals surface area contributed by atoms with Gasteiger partial charge in [0.25, 0.3) is 15.7 Å². The lowest BCUT2D eigenvalue weighted by molar-refractivity contribution is -0.384. The van der Waals surface area contributed by atoms with Crippen LogP contribution < -0.4 is 19.1 Å². The number of amides is 1. The molecule has 0 bridgehead atoms. The highest BCUT2D eigenvalue weighted by Gasteiger charge is 2.26. The number of nitrogens with one attached hydrogen (secondary N) is 2. The van der Waals surface area contributed by atoms with E-state index in [2.05, 4.69) is 10.0 Å². The number of nitrogens with zero attached hydrogens (tertiary/aromatic N) is 2. The van der Waals surface area contributed by atoms with Gasteiger partial charge in [-0.15, -0.1) is 0 Å². The fourth-order valence-corrected chi connectivity index (χ4v) is 5.53. The third kappa shape index (κ3) is 6.77. The normalized spacial score (nSPS) is 11.5. The third-order valence-electron chi connectivity index (χ3n) is 5.40. The Hall–Kier alpha value is -4.17. The number of carbonyl (C=O) groups is 1. The molecular weight excluding hydrogens is 536 g/mol.